The summed E-state index contributed by atoms with van der Waals surface area (Å²) in [5, 5.41) is 0. The zero-order chi connectivity index (χ0) is 12.7. The number of allylic oxidation sites excluding steroid dienone is 1. The molecule has 0 radical (unpaired) electrons. The number of rotatable bonds is 2. The van der Waals surface area contributed by atoms with Gasteiger partial charge in [-0.1, -0.05) is 29.3 Å². The molecule has 3 heteroatoms. The van der Waals surface area contributed by atoms with Crippen LogP contribution in [-0.4, -0.2) is 13.2 Å². The van der Waals surface area contributed by atoms with Crippen LogP contribution in [-0.2, 0) is 9.84 Å². The molecule has 1 aliphatic carbocycles. The first kappa shape index (κ1) is 12.4. The Kier molecular flexibility index (Phi) is 2.90. The standard InChI is InChI=1S/C14H18O2S/c1-11-6-8-13(9-7-11)17(15,16)14(3)10-4-5-12(14)2/h5-9H,4,10H2,1-3H3. The first-order chi connectivity index (χ1) is 7.88. The lowest BCUT2D eigenvalue weighted by Crippen LogP contribution is -2.34. The molecule has 0 heterocycles. The van der Waals surface area contributed by atoms with E-state index in [0.29, 0.717) is 11.3 Å². The molecule has 0 saturated carbocycles. The fourth-order valence-electron chi connectivity index (χ4n) is 2.30. The van der Waals surface area contributed by atoms with Gasteiger partial charge in [-0.3, -0.25) is 0 Å². The van der Waals surface area contributed by atoms with E-state index in [2.05, 4.69) is 0 Å². The van der Waals surface area contributed by atoms with Gasteiger partial charge in [-0.25, -0.2) is 8.42 Å². The van der Waals surface area contributed by atoms with E-state index in [-0.39, 0.29) is 0 Å². The maximum atomic E-state index is 12.6. The van der Waals surface area contributed by atoms with Crippen LogP contribution in [0.4, 0.5) is 0 Å². The van der Waals surface area contributed by atoms with Gasteiger partial charge in [0.2, 0.25) is 0 Å². The molecule has 0 spiro atoms. The van der Waals surface area contributed by atoms with Crippen LogP contribution in [0.15, 0.2) is 40.8 Å². The Labute approximate surface area is 103 Å². The summed E-state index contributed by atoms with van der Waals surface area (Å²) < 4.78 is 24.6. The van der Waals surface area contributed by atoms with Crippen LogP contribution in [0.3, 0.4) is 0 Å². The molecule has 1 atom stereocenters. The number of sulfone groups is 1. The maximum absolute atomic E-state index is 12.6. The van der Waals surface area contributed by atoms with Crippen LogP contribution >= 0.6 is 0 Å². The smallest absolute Gasteiger partial charge is 0.187 e. The molecule has 0 saturated heterocycles. The van der Waals surface area contributed by atoms with Gasteiger partial charge in [0.25, 0.3) is 0 Å². The summed E-state index contributed by atoms with van der Waals surface area (Å²) in [6, 6.07) is 7.12. The van der Waals surface area contributed by atoms with Gasteiger partial charge in [-0.2, -0.15) is 0 Å². The first-order valence-electron chi connectivity index (χ1n) is 5.86. The van der Waals surface area contributed by atoms with Gasteiger partial charge >= 0.3 is 0 Å². The molecular formula is C14H18O2S. The Hall–Kier alpha value is -1.09. The molecule has 17 heavy (non-hydrogen) atoms. The normalized spacial score (nSPS) is 24.8. The van der Waals surface area contributed by atoms with Crippen LogP contribution in [0.1, 0.15) is 32.3 Å². The molecular weight excluding hydrogens is 232 g/mol. The Morgan fingerprint density at radius 3 is 2.18 bits per heavy atom. The monoisotopic (exact) mass is 250 g/mol. The van der Waals surface area contributed by atoms with Crippen molar-refractivity contribution in [3.05, 3.63) is 41.5 Å². The molecule has 1 aromatic rings. The lowest BCUT2D eigenvalue weighted by atomic mass is 10.1. The highest BCUT2D eigenvalue weighted by Crippen LogP contribution is 2.40. The first-order valence-corrected chi connectivity index (χ1v) is 7.35. The Bertz CT molecular complexity index is 552. The van der Waals surface area contributed by atoms with Crippen molar-refractivity contribution < 1.29 is 8.42 Å². The van der Waals surface area contributed by atoms with E-state index in [1.165, 1.54) is 0 Å². The van der Waals surface area contributed by atoms with Crippen LogP contribution < -0.4 is 0 Å². The van der Waals surface area contributed by atoms with Crippen LogP contribution in [0, 0.1) is 6.92 Å². The number of aryl methyl sites for hydroxylation is 1. The van der Waals surface area contributed by atoms with Gasteiger partial charge < -0.3 is 0 Å². The van der Waals surface area contributed by atoms with E-state index in [9.17, 15) is 8.42 Å². The van der Waals surface area contributed by atoms with Gasteiger partial charge in [0.05, 0.1) is 9.64 Å². The van der Waals surface area contributed by atoms with Gasteiger partial charge in [-0.15, -0.1) is 0 Å². The highest BCUT2D eigenvalue weighted by atomic mass is 32.2. The van der Waals surface area contributed by atoms with Crippen LogP contribution in [0.25, 0.3) is 0 Å². The van der Waals surface area contributed by atoms with Gasteiger partial charge in [0.15, 0.2) is 9.84 Å². The molecule has 1 aromatic carbocycles. The molecule has 0 N–H and O–H groups in total. The fraction of sp³-hybridized carbons (Fsp3) is 0.429. The third-order valence-electron chi connectivity index (χ3n) is 3.83. The van der Waals surface area contributed by atoms with E-state index >= 15 is 0 Å². The van der Waals surface area contributed by atoms with E-state index in [4.69, 9.17) is 0 Å². The summed E-state index contributed by atoms with van der Waals surface area (Å²) in [7, 11) is -3.27. The van der Waals surface area contributed by atoms with Crippen molar-refractivity contribution in [2.24, 2.45) is 0 Å². The highest BCUT2D eigenvalue weighted by molar-refractivity contribution is 7.93. The summed E-state index contributed by atoms with van der Waals surface area (Å²) in [5.41, 5.74) is 2.05. The number of hydrogen-bond acceptors (Lipinski definition) is 2. The second-order valence-corrected chi connectivity index (χ2v) is 7.35. The molecule has 0 bridgehead atoms. The van der Waals surface area contributed by atoms with Gasteiger partial charge in [-0.05, 0) is 45.7 Å². The summed E-state index contributed by atoms with van der Waals surface area (Å²) in [6.45, 7) is 5.71. The quantitative estimate of drug-likeness (QED) is 0.755. The Morgan fingerprint density at radius 2 is 1.71 bits per heavy atom. The Morgan fingerprint density at radius 1 is 1.12 bits per heavy atom. The lowest BCUT2D eigenvalue weighted by Gasteiger charge is -2.26. The van der Waals surface area contributed by atoms with E-state index in [0.717, 1.165) is 17.6 Å². The number of benzene rings is 1. The topological polar surface area (TPSA) is 34.1 Å². The van der Waals surface area contributed by atoms with Crippen molar-refractivity contribution in [2.45, 2.75) is 43.3 Å². The molecule has 1 unspecified atom stereocenters. The zero-order valence-corrected chi connectivity index (χ0v) is 11.3. The average molecular weight is 250 g/mol. The molecule has 0 aliphatic heterocycles. The molecule has 0 aromatic heterocycles. The minimum atomic E-state index is -3.27. The SMILES string of the molecule is CC1=CCCC1(C)S(=O)(=O)c1ccc(C)cc1. The van der Waals surface area contributed by atoms with E-state index in [1.54, 1.807) is 12.1 Å². The summed E-state index contributed by atoms with van der Waals surface area (Å²) in [4.78, 5) is 0.431. The third kappa shape index (κ3) is 1.82. The zero-order valence-electron chi connectivity index (χ0n) is 10.5. The van der Waals surface area contributed by atoms with E-state index in [1.807, 2.05) is 39.0 Å². The molecule has 1 aliphatic rings. The van der Waals surface area contributed by atoms with Gasteiger partial charge in [0.1, 0.15) is 0 Å². The van der Waals surface area contributed by atoms with Crippen molar-refractivity contribution in [2.75, 3.05) is 0 Å². The van der Waals surface area contributed by atoms with Gasteiger partial charge in [0, 0.05) is 0 Å². The third-order valence-corrected chi connectivity index (χ3v) is 6.44. The second-order valence-electron chi connectivity index (χ2n) is 4.97. The summed E-state index contributed by atoms with van der Waals surface area (Å²) in [6.07, 6.45) is 3.58. The predicted molar refractivity (Wildman–Crippen MR) is 69.8 cm³/mol. The Balaban J connectivity index is 2.51. The highest BCUT2D eigenvalue weighted by Gasteiger charge is 2.43. The second kappa shape index (κ2) is 3.98. The molecule has 92 valence electrons. The minimum absolute atomic E-state index is 0.431. The maximum Gasteiger partial charge on any atom is 0.187 e. The van der Waals surface area contributed by atoms with E-state index < -0.39 is 14.6 Å². The summed E-state index contributed by atoms with van der Waals surface area (Å²) >= 11 is 0. The van der Waals surface area contributed by atoms with Crippen molar-refractivity contribution in [1.29, 1.82) is 0 Å². The lowest BCUT2D eigenvalue weighted by molar-refractivity contribution is 0.552. The number of hydrogen-bond donors (Lipinski definition) is 0. The van der Waals surface area contributed by atoms with Crippen LogP contribution in [0.5, 0.6) is 0 Å². The van der Waals surface area contributed by atoms with Crippen molar-refractivity contribution >= 4 is 9.84 Å². The van der Waals surface area contributed by atoms with Crippen molar-refractivity contribution in [3.63, 3.8) is 0 Å². The largest absolute Gasteiger partial charge is 0.223 e. The van der Waals surface area contributed by atoms with Crippen molar-refractivity contribution in [3.8, 4) is 0 Å². The summed E-state index contributed by atoms with van der Waals surface area (Å²) in [5.74, 6) is 0. The minimum Gasteiger partial charge on any atom is -0.223 e. The molecule has 2 rings (SSSR count). The fourth-order valence-corrected chi connectivity index (χ4v) is 4.21. The van der Waals surface area contributed by atoms with Crippen molar-refractivity contribution in [1.82, 2.24) is 0 Å². The van der Waals surface area contributed by atoms with Crippen LogP contribution in [0.2, 0.25) is 0 Å². The molecule has 0 amide bonds. The average Bonchev–Trinajstić information content (AvgIpc) is 2.61. The molecule has 2 nitrogen and oxygen atoms in total. The molecule has 0 fully saturated rings. The predicted octanol–water partition coefficient (Wildman–Crippen LogP) is 3.27.